The third kappa shape index (κ3) is 3.51. The number of ether oxygens (including phenoxy) is 1. The first-order valence-corrected chi connectivity index (χ1v) is 7.30. The van der Waals surface area contributed by atoms with Gasteiger partial charge in [0.05, 0.1) is 5.56 Å². The van der Waals surface area contributed by atoms with E-state index in [2.05, 4.69) is 29.9 Å². The van der Waals surface area contributed by atoms with E-state index in [0.29, 0.717) is 23.4 Å². The van der Waals surface area contributed by atoms with Gasteiger partial charge in [-0.15, -0.1) is 0 Å². The largest absolute Gasteiger partial charge is 0.439 e. The fourth-order valence-corrected chi connectivity index (χ4v) is 1.94. The summed E-state index contributed by atoms with van der Waals surface area (Å²) in [5.41, 5.74) is 7.97. The van der Waals surface area contributed by atoms with Gasteiger partial charge >= 0.3 is 0 Å². The van der Waals surface area contributed by atoms with Crippen molar-refractivity contribution in [3.8, 4) is 11.6 Å². The Balaban J connectivity index is 2.37. The fraction of sp³-hybridized carbons (Fsp3) is 0.412. The number of benzene rings is 1. The van der Waals surface area contributed by atoms with Crippen LogP contribution >= 0.6 is 0 Å². The highest BCUT2D eigenvalue weighted by atomic mass is 16.5. The maximum atomic E-state index is 5.96. The Hall–Kier alpha value is -2.10. The monoisotopic (exact) mass is 285 g/mol. The number of aromatic nitrogens is 2. The van der Waals surface area contributed by atoms with Crippen LogP contribution in [0.15, 0.2) is 24.3 Å². The van der Waals surface area contributed by atoms with Crippen LogP contribution in [0.25, 0.3) is 0 Å². The maximum absolute atomic E-state index is 5.96. The average Bonchev–Trinajstić information content (AvgIpc) is 2.43. The molecule has 1 heterocycles. The molecule has 4 heteroatoms. The Bertz CT molecular complexity index is 636. The summed E-state index contributed by atoms with van der Waals surface area (Å²) in [5.74, 6) is 3.15. The minimum absolute atomic E-state index is 0.206. The second-order valence-electron chi connectivity index (χ2n) is 5.88. The van der Waals surface area contributed by atoms with Crippen molar-refractivity contribution in [1.29, 1.82) is 0 Å². The van der Waals surface area contributed by atoms with Gasteiger partial charge in [-0.05, 0) is 30.5 Å². The number of nitrogens with zero attached hydrogens (tertiary/aromatic N) is 2. The van der Waals surface area contributed by atoms with E-state index in [0.717, 1.165) is 11.3 Å². The van der Waals surface area contributed by atoms with Gasteiger partial charge in [-0.25, -0.2) is 4.98 Å². The van der Waals surface area contributed by atoms with Gasteiger partial charge in [-0.3, -0.25) is 0 Å². The van der Waals surface area contributed by atoms with Crippen LogP contribution in [0.3, 0.4) is 0 Å². The van der Waals surface area contributed by atoms with Crippen LogP contribution in [0.1, 0.15) is 56.5 Å². The number of hydrogen-bond acceptors (Lipinski definition) is 4. The second-order valence-corrected chi connectivity index (χ2v) is 5.88. The van der Waals surface area contributed by atoms with E-state index in [-0.39, 0.29) is 5.92 Å². The zero-order valence-electron chi connectivity index (χ0n) is 13.3. The highest BCUT2D eigenvalue weighted by molar-refractivity contribution is 5.46. The third-order valence-electron chi connectivity index (χ3n) is 3.41. The number of nitrogens with two attached hydrogens (primary N) is 1. The summed E-state index contributed by atoms with van der Waals surface area (Å²) in [6, 6.07) is 8.06. The Morgan fingerprint density at radius 2 is 1.76 bits per heavy atom. The first kappa shape index (κ1) is 15.3. The molecule has 0 spiro atoms. The number of hydrogen-bond donors (Lipinski definition) is 1. The van der Waals surface area contributed by atoms with Gasteiger partial charge in [-0.2, -0.15) is 4.98 Å². The molecule has 0 bridgehead atoms. The Morgan fingerprint density at radius 1 is 1.05 bits per heavy atom. The summed E-state index contributed by atoms with van der Waals surface area (Å²) in [4.78, 5) is 8.80. The maximum Gasteiger partial charge on any atom is 0.227 e. The normalized spacial score (nSPS) is 11.2. The first-order chi connectivity index (χ1) is 9.88. The van der Waals surface area contributed by atoms with Gasteiger partial charge in [0, 0.05) is 5.92 Å². The molecule has 0 saturated heterocycles. The summed E-state index contributed by atoms with van der Waals surface area (Å²) in [7, 11) is 0. The smallest absolute Gasteiger partial charge is 0.227 e. The van der Waals surface area contributed by atoms with Gasteiger partial charge in [-0.1, -0.05) is 39.8 Å². The van der Waals surface area contributed by atoms with E-state index in [1.54, 1.807) is 0 Å². The quantitative estimate of drug-likeness (QED) is 0.904. The van der Waals surface area contributed by atoms with Crippen LogP contribution < -0.4 is 10.5 Å². The molecule has 4 nitrogen and oxygen atoms in total. The fourth-order valence-electron chi connectivity index (χ4n) is 1.94. The highest BCUT2D eigenvalue weighted by Crippen LogP contribution is 2.29. The lowest BCUT2D eigenvalue weighted by atomic mass is 10.0. The van der Waals surface area contributed by atoms with Crippen LogP contribution in [-0.2, 0) is 0 Å². The molecule has 0 aliphatic heterocycles. The van der Waals surface area contributed by atoms with Crippen molar-refractivity contribution in [2.45, 2.75) is 46.5 Å². The molecule has 0 fully saturated rings. The predicted octanol–water partition coefficient (Wildman–Crippen LogP) is 4.41. The highest BCUT2D eigenvalue weighted by Gasteiger charge is 2.13. The lowest BCUT2D eigenvalue weighted by molar-refractivity contribution is 0.452. The van der Waals surface area contributed by atoms with Crippen molar-refractivity contribution in [2.24, 2.45) is 0 Å². The molecule has 1 aromatic carbocycles. The van der Waals surface area contributed by atoms with Crippen LogP contribution in [0.2, 0.25) is 0 Å². The molecule has 21 heavy (non-hydrogen) atoms. The number of anilines is 1. The van der Waals surface area contributed by atoms with Gasteiger partial charge < -0.3 is 10.5 Å². The van der Waals surface area contributed by atoms with Crippen LogP contribution in [-0.4, -0.2) is 9.97 Å². The minimum atomic E-state index is 0.206. The summed E-state index contributed by atoms with van der Waals surface area (Å²) in [6.45, 7) is 10.3. The molecule has 0 unspecified atom stereocenters. The van der Waals surface area contributed by atoms with Gasteiger partial charge in [0.25, 0.3) is 0 Å². The summed E-state index contributed by atoms with van der Waals surface area (Å²) in [6.07, 6.45) is 0. The Kier molecular flexibility index (Phi) is 4.46. The summed E-state index contributed by atoms with van der Waals surface area (Å²) >= 11 is 0. The molecule has 0 aliphatic carbocycles. The van der Waals surface area contributed by atoms with Gasteiger partial charge in [0.1, 0.15) is 17.4 Å². The number of rotatable bonds is 4. The van der Waals surface area contributed by atoms with Crippen molar-refractivity contribution in [1.82, 2.24) is 9.97 Å². The predicted molar refractivity (Wildman–Crippen MR) is 85.9 cm³/mol. The molecule has 0 radical (unpaired) electrons. The van der Waals surface area contributed by atoms with E-state index in [1.807, 2.05) is 39.0 Å². The third-order valence-corrected chi connectivity index (χ3v) is 3.41. The molecule has 2 N–H and O–H groups in total. The minimum Gasteiger partial charge on any atom is -0.439 e. The molecular weight excluding hydrogens is 262 g/mol. The number of nitrogen functional groups attached to an aromatic ring is 1. The van der Waals surface area contributed by atoms with Crippen molar-refractivity contribution in [3.63, 3.8) is 0 Å². The molecule has 2 rings (SSSR count). The van der Waals surface area contributed by atoms with E-state index < -0.39 is 0 Å². The van der Waals surface area contributed by atoms with Gasteiger partial charge in [0.15, 0.2) is 0 Å². The summed E-state index contributed by atoms with van der Waals surface area (Å²) in [5, 5.41) is 0. The van der Waals surface area contributed by atoms with Crippen molar-refractivity contribution in [3.05, 3.63) is 41.2 Å². The van der Waals surface area contributed by atoms with Crippen molar-refractivity contribution >= 4 is 5.82 Å². The van der Waals surface area contributed by atoms with E-state index in [1.165, 1.54) is 5.56 Å². The average molecular weight is 285 g/mol. The first-order valence-electron chi connectivity index (χ1n) is 7.30. The van der Waals surface area contributed by atoms with E-state index in [4.69, 9.17) is 10.5 Å². The lowest BCUT2D eigenvalue weighted by Gasteiger charge is -2.13. The molecule has 0 saturated carbocycles. The van der Waals surface area contributed by atoms with Crippen LogP contribution in [0.4, 0.5) is 5.82 Å². The Morgan fingerprint density at radius 3 is 2.38 bits per heavy atom. The molecule has 112 valence electrons. The molecule has 1 aromatic heterocycles. The molecule has 2 aromatic rings. The van der Waals surface area contributed by atoms with Crippen molar-refractivity contribution < 1.29 is 4.74 Å². The SMILES string of the molecule is Cc1c(N)nc(C(C)C)nc1Oc1cccc(C(C)C)c1. The van der Waals surface area contributed by atoms with Crippen LogP contribution in [0, 0.1) is 6.92 Å². The molecule has 0 amide bonds. The van der Waals surface area contributed by atoms with Crippen LogP contribution in [0.5, 0.6) is 11.6 Å². The topological polar surface area (TPSA) is 61.0 Å². The van der Waals surface area contributed by atoms with Crippen molar-refractivity contribution in [2.75, 3.05) is 5.73 Å². The Labute approximate surface area is 126 Å². The van der Waals surface area contributed by atoms with E-state index in [9.17, 15) is 0 Å². The second kappa shape index (κ2) is 6.12. The summed E-state index contributed by atoms with van der Waals surface area (Å²) < 4.78 is 5.94. The molecule has 0 atom stereocenters. The zero-order chi connectivity index (χ0) is 15.6. The standard InChI is InChI=1S/C17H23N3O/c1-10(2)13-7-6-8-14(9-13)21-17-12(5)15(18)19-16(20-17)11(3)4/h6-11H,1-5H3,(H2,18,19,20). The zero-order valence-corrected chi connectivity index (χ0v) is 13.3. The molecule has 0 aliphatic rings. The van der Waals surface area contributed by atoms with Gasteiger partial charge in [0.2, 0.25) is 5.88 Å². The lowest BCUT2D eigenvalue weighted by Crippen LogP contribution is -2.06. The van der Waals surface area contributed by atoms with E-state index >= 15 is 0 Å². The molecular formula is C17H23N3O.